The number of hydrogen-bond acceptors (Lipinski definition) is 5. The lowest BCUT2D eigenvalue weighted by Gasteiger charge is -2.54. The smallest absolute Gasteiger partial charge is 0.380 e. The Kier molecular flexibility index (Phi) is 6.49. The number of carbonyl (C=O) groups is 1. The largest absolute Gasteiger partial charge is 0.417 e. The van der Waals surface area contributed by atoms with Gasteiger partial charge >= 0.3 is 6.18 Å². The van der Waals surface area contributed by atoms with Crippen molar-refractivity contribution in [1.82, 2.24) is 10.1 Å². The number of halogens is 6. The van der Waals surface area contributed by atoms with Crippen molar-refractivity contribution >= 4 is 27.5 Å². The Labute approximate surface area is 225 Å². The second-order valence-corrected chi connectivity index (χ2v) is 12.7. The predicted octanol–water partition coefficient (Wildman–Crippen LogP) is 6.50. The quantitative estimate of drug-likeness (QED) is 0.380. The van der Waals surface area contributed by atoms with Crippen molar-refractivity contribution in [3.8, 4) is 0 Å². The number of carbonyl (C=O) groups excluding carboxylic acids is 1. The maximum absolute atomic E-state index is 14.3. The number of benzene rings is 1. The number of amides is 1. The van der Waals surface area contributed by atoms with Crippen molar-refractivity contribution in [3.63, 3.8) is 0 Å². The number of fused-ring (bicyclic) bond motifs is 3. The molecule has 4 aliphatic rings. The van der Waals surface area contributed by atoms with Crippen molar-refractivity contribution in [3.05, 3.63) is 40.2 Å². The molecule has 0 radical (unpaired) electrons. The van der Waals surface area contributed by atoms with Crippen LogP contribution in [0.5, 0.6) is 0 Å². The van der Waals surface area contributed by atoms with Gasteiger partial charge in [-0.1, -0.05) is 5.16 Å². The van der Waals surface area contributed by atoms with Gasteiger partial charge in [-0.3, -0.25) is 4.79 Å². The van der Waals surface area contributed by atoms with Gasteiger partial charge in [-0.2, -0.15) is 18.2 Å². The lowest BCUT2D eigenvalue weighted by atomic mass is 9.53. The molecule has 6 nitrogen and oxygen atoms in total. The molecule has 6 rings (SSSR count). The minimum Gasteiger partial charge on any atom is -0.380 e. The average molecular weight is 606 g/mol. The molecule has 2 aromatic rings. The number of alkyl halides is 4. The first-order chi connectivity index (χ1) is 17.6. The average Bonchev–Trinajstić information content (AvgIpc) is 3.34. The van der Waals surface area contributed by atoms with Gasteiger partial charge in [-0.25, -0.2) is 8.78 Å². The predicted molar refractivity (Wildman–Crippen MR) is 130 cm³/mol. The van der Waals surface area contributed by atoms with Crippen LogP contribution in [0, 0.1) is 17.2 Å². The van der Waals surface area contributed by atoms with Gasteiger partial charge in [0.1, 0.15) is 5.82 Å². The lowest BCUT2D eigenvalue weighted by Crippen LogP contribution is -2.60. The standard InChI is InChI=1S/C26H29BrF5N3O3/c1-22(2,29)21-33-20(34-38-21)24-8-5-23(6-9-24,7-10-24)14-35(16-3-4-18(28)17(27)11-16)19(36)15-12-25(37,13-15)26(30,31)32/h3-4,11,15,37H,5-10,12-14H2,1-2H3. The van der Waals surface area contributed by atoms with Crippen LogP contribution in [0.4, 0.5) is 27.6 Å². The zero-order valence-electron chi connectivity index (χ0n) is 21.0. The zero-order chi connectivity index (χ0) is 27.7. The van der Waals surface area contributed by atoms with E-state index in [-0.39, 0.29) is 27.7 Å². The zero-order valence-corrected chi connectivity index (χ0v) is 22.6. The van der Waals surface area contributed by atoms with Crippen LogP contribution < -0.4 is 4.90 Å². The Morgan fingerprint density at radius 1 is 1.13 bits per heavy atom. The molecule has 4 fully saturated rings. The molecule has 12 heteroatoms. The minimum absolute atomic E-state index is 0.0674. The molecule has 1 heterocycles. The van der Waals surface area contributed by atoms with Crippen molar-refractivity contribution in [2.45, 2.75) is 88.1 Å². The van der Waals surface area contributed by atoms with Gasteiger partial charge in [0.2, 0.25) is 5.91 Å². The first-order valence-electron chi connectivity index (χ1n) is 12.7. The molecule has 0 aliphatic heterocycles. The summed E-state index contributed by atoms with van der Waals surface area (Å²) in [4.78, 5) is 19.3. The summed E-state index contributed by atoms with van der Waals surface area (Å²) in [5.41, 5.74) is -4.88. The molecule has 4 saturated carbocycles. The highest BCUT2D eigenvalue weighted by molar-refractivity contribution is 9.10. The highest BCUT2D eigenvalue weighted by Gasteiger charge is 2.63. The maximum Gasteiger partial charge on any atom is 0.417 e. The van der Waals surface area contributed by atoms with Crippen LogP contribution in [0.1, 0.15) is 76.9 Å². The van der Waals surface area contributed by atoms with Crippen LogP contribution in [0.15, 0.2) is 27.2 Å². The van der Waals surface area contributed by atoms with Gasteiger partial charge in [0, 0.05) is 23.6 Å². The number of aliphatic hydroxyl groups is 1. The summed E-state index contributed by atoms with van der Waals surface area (Å²) in [6.45, 7) is 2.97. The van der Waals surface area contributed by atoms with Crippen molar-refractivity contribution < 1.29 is 36.4 Å². The fourth-order valence-corrected chi connectivity index (χ4v) is 6.55. The van der Waals surface area contributed by atoms with Crippen LogP contribution >= 0.6 is 15.9 Å². The molecule has 4 aliphatic carbocycles. The molecule has 38 heavy (non-hydrogen) atoms. The number of hydrogen-bond donors (Lipinski definition) is 1. The Bertz CT molecular complexity index is 1210. The molecule has 208 valence electrons. The van der Waals surface area contributed by atoms with E-state index in [9.17, 15) is 31.9 Å². The third-order valence-electron chi connectivity index (χ3n) is 8.83. The Morgan fingerprint density at radius 3 is 2.24 bits per heavy atom. The van der Waals surface area contributed by atoms with Crippen LogP contribution in [-0.2, 0) is 15.9 Å². The van der Waals surface area contributed by atoms with E-state index >= 15 is 0 Å². The summed E-state index contributed by atoms with van der Waals surface area (Å²) in [5.74, 6) is -1.60. The van der Waals surface area contributed by atoms with Crippen LogP contribution in [0.3, 0.4) is 0 Å². The fraction of sp³-hybridized carbons (Fsp3) is 0.654. The van der Waals surface area contributed by atoms with Gasteiger partial charge in [-0.15, -0.1) is 0 Å². The Balaban J connectivity index is 1.36. The summed E-state index contributed by atoms with van der Waals surface area (Å²) < 4.78 is 73.3. The highest BCUT2D eigenvalue weighted by atomic mass is 79.9. The van der Waals surface area contributed by atoms with Crippen molar-refractivity contribution in [2.75, 3.05) is 11.4 Å². The van der Waals surface area contributed by atoms with Gasteiger partial charge in [-0.05, 0) is 105 Å². The van der Waals surface area contributed by atoms with E-state index in [1.165, 1.54) is 36.9 Å². The van der Waals surface area contributed by atoms with E-state index in [2.05, 4.69) is 26.1 Å². The molecule has 1 aromatic carbocycles. The number of anilines is 1. The molecule has 0 unspecified atom stereocenters. The fourth-order valence-electron chi connectivity index (χ4n) is 6.18. The molecule has 0 saturated heterocycles. The van der Waals surface area contributed by atoms with Gasteiger partial charge in [0.25, 0.3) is 5.89 Å². The second-order valence-electron chi connectivity index (χ2n) is 11.8. The monoisotopic (exact) mass is 605 g/mol. The van der Waals surface area contributed by atoms with E-state index in [1.54, 1.807) is 0 Å². The van der Waals surface area contributed by atoms with E-state index in [0.717, 1.165) is 0 Å². The Hall–Kier alpha value is -2.08. The molecule has 0 atom stereocenters. The molecular formula is C26H29BrF5N3O3. The minimum atomic E-state index is -4.81. The third kappa shape index (κ3) is 4.65. The highest BCUT2D eigenvalue weighted by Crippen LogP contribution is 2.58. The number of aromatic nitrogens is 2. The summed E-state index contributed by atoms with van der Waals surface area (Å²) in [7, 11) is 0. The molecular weight excluding hydrogens is 577 g/mol. The first kappa shape index (κ1) is 27.5. The molecule has 0 spiro atoms. The molecule has 1 aromatic heterocycles. The summed E-state index contributed by atoms with van der Waals surface area (Å²) in [6, 6.07) is 4.10. The lowest BCUT2D eigenvalue weighted by molar-refractivity contribution is -0.295. The topological polar surface area (TPSA) is 79.5 Å². The summed E-state index contributed by atoms with van der Waals surface area (Å²) in [5, 5.41) is 14.0. The van der Waals surface area contributed by atoms with Crippen LogP contribution in [-0.4, -0.2) is 39.5 Å². The number of nitrogens with zero attached hydrogens (tertiary/aromatic N) is 3. The molecule has 2 bridgehead atoms. The normalized spacial score (nSPS) is 31.2. The molecule has 1 amide bonds. The second kappa shape index (κ2) is 8.97. The van der Waals surface area contributed by atoms with Crippen LogP contribution in [0.25, 0.3) is 0 Å². The maximum atomic E-state index is 14.3. The van der Waals surface area contributed by atoms with Gasteiger partial charge in [0.05, 0.1) is 4.47 Å². The van der Waals surface area contributed by atoms with E-state index in [0.29, 0.717) is 50.0 Å². The Morgan fingerprint density at radius 2 is 1.74 bits per heavy atom. The number of rotatable bonds is 6. The van der Waals surface area contributed by atoms with E-state index in [4.69, 9.17) is 4.52 Å². The van der Waals surface area contributed by atoms with E-state index < -0.39 is 47.9 Å². The van der Waals surface area contributed by atoms with E-state index in [1.807, 2.05) is 0 Å². The van der Waals surface area contributed by atoms with Gasteiger partial charge in [0.15, 0.2) is 17.1 Å². The third-order valence-corrected chi connectivity index (χ3v) is 9.44. The van der Waals surface area contributed by atoms with Crippen molar-refractivity contribution in [2.24, 2.45) is 11.3 Å². The van der Waals surface area contributed by atoms with Crippen LogP contribution in [0.2, 0.25) is 0 Å². The van der Waals surface area contributed by atoms with Crippen molar-refractivity contribution in [1.29, 1.82) is 0 Å². The first-order valence-corrected chi connectivity index (χ1v) is 13.5. The summed E-state index contributed by atoms with van der Waals surface area (Å²) in [6.07, 6.45) is -1.99. The molecule has 1 N–H and O–H groups in total. The SMILES string of the molecule is CC(C)(F)c1nc(C23CCC(CN(C(=O)C4CC(O)(C(F)(F)F)C4)c4ccc(F)c(Br)c4)(CC2)CC3)no1. The summed E-state index contributed by atoms with van der Waals surface area (Å²) >= 11 is 3.14. The van der Waals surface area contributed by atoms with Gasteiger partial charge < -0.3 is 14.5 Å².